The van der Waals surface area contributed by atoms with E-state index in [-0.39, 0.29) is 11.4 Å². The molecular weight excluding hydrogens is 270 g/mol. The van der Waals surface area contributed by atoms with Crippen LogP contribution in [0.4, 0.5) is 0 Å². The standard InChI is InChI=1S/C15H19N3O3/c1-10-7-16-8-11(17-10)12(19)18-15-4-2-3-14(9-15,5-6-15)13(20)21/h7-8H,2-6,9H2,1H3,(H,18,19)(H,20,21)/t14-,15+/m1/s1. The van der Waals surface area contributed by atoms with Gasteiger partial charge in [0.25, 0.3) is 5.91 Å². The average molecular weight is 289 g/mol. The molecule has 6 heteroatoms. The van der Waals surface area contributed by atoms with Crippen molar-refractivity contribution in [3.05, 3.63) is 23.8 Å². The van der Waals surface area contributed by atoms with Crippen LogP contribution in [0.1, 0.15) is 54.7 Å². The highest BCUT2D eigenvalue weighted by atomic mass is 16.4. The van der Waals surface area contributed by atoms with Crippen LogP contribution < -0.4 is 5.32 Å². The molecule has 0 spiro atoms. The third kappa shape index (κ3) is 2.39. The van der Waals surface area contributed by atoms with Gasteiger partial charge in [0.2, 0.25) is 0 Å². The molecule has 2 aliphatic rings. The number of carbonyl (C=O) groups excluding carboxylic acids is 1. The number of hydrogen-bond acceptors (Lipinski definition) is 4. The van der Waals surface area contributed by atoms with Crippen molar-refractivity contribution in [2.75, 3.05) is 0 Å². The van der Waals surface area contributed by atoms with Crippen molar-refractivity contribution in [1.82, 2.24) is 15.3 Å². The lowest BCUT2D eigenvalue weighted by Crippen LogP contribution is -2.50. The van der Waals surface area contributed by atoms with Gasteiger partial charge in [-0.15, -0.1) is 0 Å². The number of hydrogen-bond donors (Lipinski definition) is 2. The smallest absolute Gasteiger partial charge is 0.309 e. The zero-order chi connectivity index (χ0) is 15.1. The third-order valence-electron chi connectivity index (χ3n) is 4.89. The fourth-order valence-corrected chi connectivity index (χ4v) is 3.83. The molecule has 2 aliphatic carbocycles. The number of carboxylic acids is 1. The minimum absolute atomic E-state index is 0.255. The number of aryl methyl sites for hydroxylation is 1. The molecule has 1 heterocycles. The van der Waals surface area contributed by atoms with Gasteiger partial charge in [-0.2, -0.15) is 0 Å². The highest BCUT2D eigenvalue weighted by molar-refractivity contribution is 5.92. The fourth-order valence-electron chi connectivity index (χ4n) is 3.83. The van der Waals surface area contributed by atoms with Crippen LogP contribution >= 0.6 is 0 Å². The quantitative estimate of drug-likeness (QED) is 0.883. The van der Waals surface area contributed by atoms with Crippen LogP contribution in [-0.2, 0) is 4.79 Å². The van der Waals surface area contributed by atoms with Gasteiger partial charge in [0.05, 0.1) is 17.3 Å². The first-order valence-corrected chi connectivity index (χ1v) is 7.29. The van der Waals surface area contributed by atoms with E-state index in [9.17, 15) is 14.7 Å². The number of carboxylic acid groups (broad SMARTS) is 1. The molecule has 0 aliphatic heterocycles. The Balaban J connectivity index is 1.79. The number of rotatable bonds is 3. The third-order valence-corrected chi connectivity index (χ3v) is 4.89. The van der Waals surface area contributed by atoms with Crippen molar-refractivity contribution in [2.24, 2.45) is 5.41 Å². The molecule has 21 heavy (non-hydrogen) atoms. The van der Waals surface area contributed by atoms with Gasteiger partial charge in [-0.05, 0) is 45.4 Å². The van der Waals surface area contributed by atoms with E-state index in [0.29, 0.717) is 30.7 Å². The SMILES string of the molecule is Cc1cncc(C(=O)N[C@@]23CCC[C@@](C(=O)O)(CC2)C3)n1. The van der Waals surface area contributed by atoms with Crippen LogP contribution in [0.25, 0.3) is 0 Å². The van der Waals surface area contributed by atoms with Gasteiger partial charge < -0.3 is 10.4 Å². The van der Waals surface area contributed by atoms with E-state index in [1.807, 2.05) is 0 Å². The van der Waals surface area contributed by atoms with Gasteiger partial charge in [0, 0.05) is 11.7 Å². The summed E-state index contributed by atoms with van der Waals surface area (Å²) in [5.74, 6) is -0.983. The predicted octanol–water partition coefficient (Wildman–Crippen LogP) is 1.69. The Morgan fingerprint density at radius 3 is 2.76 bits per heavy atom. The number of fused-ring (bicyclic) bond motifs is 2. The largest absolute Gasteiger partial charge is 0.481 e. The Kier molecular flexibility index (Phi) is 3.19. The summed E-state index contributed by atoms with van der Waals surface area (Å²) in [7, 11) is 0. The molecule has 2 saturated carbocycles. The summed E-state index contributed by atoms with van der Waals surface area (Å²) in [6, 6.07) is 0. The summed E-state index contributed by atoms with van der Waals surface area (Å²) in [6.07, 6.45) is 7.33. The first-order valence-electron chi connectivity index (χ1n) is 7.29. The molecule has 2 N–H and O–H groups in total. The van der Waals surface area contributed by atoms with E-state index in [2.05, 4.69) is 15.3 Å². The molecule has 0 aromatic carbocycles. The molecule has 2 atom stereocenters. The average Bonchev–Trinajstić information content (AvgIpc) is 2.71. The van der Waals surface area contributed by atoms with E-state index in [1.165, 1.54) is 6.20 Å². The van der Waals surface area contributed by atoms with E-state index in [1.54, 1.807) is 13.1 Å². The normalized spacial score (nSPS) is 30.9. The summed E-state index contributed by atoms with van der Waals surface area (Å²) in [5, 5.41) is 12.5. The molecule has 1 amide bonds. The van der Waals surface area contributed by atoms with Crippen LogP contribution in [0.15, 0.2) is 12.4 Å². The number of amides is 1. The lowest BCUT2D eigenvalue weighted by molar-refractivity contribution is -0.150. The van der Waals surface area contributed by atoms with Crippen LogP contribution in [0.5, 0.6) is 0 Å². The highest BCUT2D eigenvalue weighted by Gasteiger charge is 2.55. The maximum Gasteiger partial charge on any atom is 0.309 e. The number of nitrogens with zero attached hydrogens (tertiary/aromatic N) is 2. The molecule has 6 nitrogen and oxygen atoms in total. The Labute approximate surface area is 123 Å². The fraction of sp³-hybridized carbons (Fsp3) is 0.600. The molecule has 0 unspecified atom stereocenters. The van der Waals surface area contributed by atoms with Gasteiger partial charge >= 0.3 is 5.97 Å². The summed E-state index contributed by atoms with van der Waals surface area (Å²) < 4.78 is 0. The molecule has 3 rings (SSSR count). The topological polar surface area (TPSA) is 92.2 Å². The Bertz CT molecular complexity index is 604. The van der Waals surface area contributed by atoms with Crippen molar-refractivity contribution in [3.8, 4) is 0 Å². The van der Waals surface area contributed by atoms with Gasteiger partial charge in [0.1, 0.15) is 5.69 Å². The Morgan fingerprint density at radius 2 is 2.05 bits per heavy atom. The number of nitrogens with one attached hydrogen (secondary N) is 1. The number of aromatic nitrogens is 2. The predicted molar refractivity (Wildman–Crippen MR) is 74.7 cm³/mol. The maximum absolute atomic E-state index is 12.4. The molecule has 1 aromatic heterocycles. The maximum atomic E-state index is 12.4. The molecule has 112 valence electrons. The Hall–Kier alpha value is -1.98. The van der Waals surface area contributed by atoms with Crippen molar-refractivity contribution < 1.29 is 14.7 Å². The van der Waals surface area contributed by atoms with Crippen LogP contribution in [-0.4, -0.2) is 32.5 Å². The van der Waals surface area contributed by atoms with Crippen LogP contribution in [0.2, 0.25) is 0 Å². The first-order chi connectivity index (χ1) is 9.95. The monoisotopic (exact) mass is 289 g/mol. The van der Waals surface area contributed by atoms with Crippen LogP contribution in [0.3, 0.4) is 0 Å². The highest BCUT2D eigenvalue weighted by Crippen LogP contribution is 2.53. The second-order valence-electron chi connectivity index (χ2n) is 6.40. The van der Waals surface area contributed by atoms with Crippen LogP contribution in [0, 0.1) is 12.3 Å². The van der Waals surface area contributed by atoms with E-state index < -0.39 is 11.4 Å². The molecule has 2 bridgehead atoms. The minimum atomic E-state index is -0.728. The van der Waals surface area contributed by atoms with Gasteiger partial charge in [-0.25, -0.2) is 4.98 Å². The Morgan fingerprint density at radius 1 is 1.24 bits per heavy atom. The second-order valence-corrected chi connectivity index (χ2v) is 6.40. The second kappa shape index (κ2) is 4.79. The van der Waals surface area contributed by atoms with E-state index in [4.69, 9.17) is 0 Å². The van der Waals surface area contributed by atoms with Crippen molar-refractivity contribution in [1.29, 1.82) is 0 Å². The van der Waals surface area contributed by atoms with Crippen molar-refractivity contribution >= 4 is 11.9 Å². The molecule has 0 radical (unpaired) electrons. The van der Waals surface area contributed by atoms with Crippen molar-refractivity contribution in [2.45, 2.75) is 51.0 Å². The van der Waals surface area contributed by atoms with Gasteiger partial charge in [-0.3, -0.25) is 14.6 Å². The zero-order valence-electron chi connectivity index (χ0n) is 12.1. The van der Waals surface area contributed by atoms with Gasteiger partial charge in [0.15, 0.2) is 0 Å². The molecule has 0 saturated heterocycles. The van der Waals surface area contributed by atoms with E-state index >= 15 is 0 Å². The summed E-state index contributed by atoms with van der Waals surface area (Å²) in [4.78, 5) is 32.1. The molecule has 1 aromatic rings. The molecule has 2 fully saturated rings. The number of carbonyl (C=O) groups is 2. The zero-order valence-corrected chi connectivity index (χ0v) is 12.1. The first kappa shape index (κ1) is 14.0. The van der Waals surface area contributed by atoms with E-state index in [0.717, 1.165) is 19.3 Å². The lowest BCUT2D eigenvalue weighted by atomic mass is 9.73. The minimum Gasteiger partial charge on any atom is -0.481 e. The lowest BCUT2D eigenvalue weighted by Gasteiger charge is -2.37. The molecular formula is C15H19N3O3. The van der Waals surface area contributed by atoms with Crippen molar-refractivity contribution in [3.63, 3.8) is 0 Å². The number of aliphatic carboxylic acids is 1. The summed E-state index contributed by atoms with van der Waals surface area (Å²) >= 11 is 0. The summed E-state index contributed by atoms with van der Waals surface area (Å²) in [6.45, 7) is 1.79. The van der Waals surface area contributed by atoms with Gasteiger partial charge in [-0.1, -0.05) is 0 Å². The summed E-state index contributed by atoms with van der Waals surface area (Å²) in [5.41, 5.74) is -0.0546.